The van der Waals surface area contributed by atoms with Crippen molar-refractivity contribution in [3.05, 3.63) is 164 Å². The molecule has 10 rings (SSSR count). The van der Waals surface area contributed by atoms with Gasteiger partial charge in [-0.25, -0.2) is 14.2 Å². The van der Waals surface area contributed by atoms with Crippen LogP contribution >= 0.6 is 23.2 Å². The number of carbonyl (C=O) groups is 3. The standard InChI is InChI=1S/C64H75Cl2FN10O6/c1-7-83-57-36-45(63(2,3)4)14-20-50(57)56-38-64(5,44-12-17-47(66)18-13-44)59(42-10-15-46(65)16-11-42)77(56)62(80)74-28-26-73(27-29-74)30-32-82-34-33-81-31-22-58(78)69-23-25-75-40-52-43-35-55(60(68)70-39-43)76-24-8-9-54(76)51-37-48(67)19-21-49(51)61(79)72(6)41-53(52)71-75/h10-21,35-40,54,59H,7-9,22-34,41H2,1-6H3,(H2,68,70)(H,69,78)/t54-,59-,64+/m1/s1. The molecule has 19 heteroatoms. The second-order valence-electron chi connectivity index (χ2n) is 23.1. The van der Waals surface area contributed by atoms with Crippen LogP contribution in [-0.2, 0) is 38.2 Å². The molecule has 83 heavy (non-hydrogen) atoms. The highest BCUT2D eigenvalue weighted by molar-refractivity contribution is 6.30. The summed E-state index contributed by atoms with van der Waals surface area (Å²) >= 11 is 12.9. The van der Waals surface area contributed by atoms with Crippen LogP contribution < -0.4 is 20.7 Å². The van der Waals surface area contributed by atoms with Crippen molar-refractivity contribution < 1.29 is 33.0 Å². The predicted octanol–water partition coefficient (Wildman–Crippen LogP) is 10.9. The minimum atomic E-state index is -0.667. The van der Waals surface area contributed by atoms with Crippen LogP contribution in [0, 0.1) is 5.82 Å². The number of nitrogens with one attached hydrogen (secondary N) is 1. The van der Waals surface area contributed by atoms with Gasteiger partial charge in [-0.15, -0.1) is 0 Å². The first kappa shape index (κ1) is 59.2. The molecule has 6 heterocycles. The number of hydrogen-bond acceptors (Lipinski definition) is 11. The van der Waals surface area contributed by atoms with E-state index in [1.807, 2.05) is 77.5 Å². The van der Waals surface area contributed by atoms with E-state index in [1.54, 1.807) is 28.9 Å². The maximum absolute atomic E-state index is 15.4. The molecular weight excluding hydrogens is 1090 g/mol. The molecule has 3 atom stereocenters. The minimum absolute atomic E-state index is 0.0844. The molecule has 438 valence electrons. The second kappa shape index (κ2) is 25.5. The molecule has 0 spiro atoms. The van der Waals surface area contributed by atoms with Crippen LogP contribution in [-0.4, -0.2) is 138 Å². The summed E-state index contributed by atoms with van der Waals surface area (Å²) in [5.41, 5.74) is 14.5. The lowest BCUT2D eigenvalue weighted by atomic mass is 9.74. The van der Waals surface area contributed by atoms with Crippen molar-refractivity contribution in [3.8, 4) is 16.9 Å². The highest BCUT2D eigenvalue weighted by Crippen LogP contribution is 2.54. The molecule has 0 radical (unpaired) electrons. The van der Waals surface area contributed by atoms with Gasteiger partial charge in [0, 0.05) is 109 Å². The van der Waals surface area contributed by atoms with Crippen LogP contribution in [0.4, 0.5) is 20.7 Å². The number of amides is 4. The number of nitrogen functional groups attached to an aromatic ring is 1. The number of aromatic nitrogens is 3. The van der Waals surface area contributed by atoms with Crippen LogP contribution in [0.1, 0.15) is 110 Å². The normalized spacial score (nSPS) is 19.2. The number of hydrogen-bond donors (Lipinski definition) is 2. The Hall–Kier alpha value is -7.02. The summed E-state index contributed by atoms with van der Waals surface area (Å²) in [5, 5.41) is 9.09. The number of benzene rings is 4. The zero-order valence-electron chi connectivity index (χ0n) is 48.3. The van der Waals surface area contributed by atoms with Gasteiger partial charge in [0.1, 0.15) is 17.4 Å². The summed E-state index contributed by atoms with van der Waals surface area (Å²) in [5.74, 6) is 0.308. The molecule has 2 saturated heterocycles. The van der Waals surface area contributed by atoms with Gasteiger partial charge in [0.25, 0.3) is 5.91 Å². The molecule has 2 fully saturated rings. The molecule has 0 aliphatic carbocycles. The van der Waals surface area contributed by atoms with Gasteiger partial charge >= 0.3 is 6.03 Å². The van der Waals surface area contributed by atoms with E-state index in [-0.39, 0.29) is 48.9 Å². The first-order valence-electron chi connectivity index (χ1n) is 28.8. The summed E-state index contributed by atoms with van der Waals surface area (Å²) in [6.07, 6.45) is 7.62. The fourth-order valence-electron chi connectivity index (χ4n) is 12.0. The molecule has 2 bridgehead atoms. The Kier molecular flexibility index (Phi) is 18.1. The second-order valence-corrected chi connectivity index (χ2v) is 24.0. The van der Waals surface area contributed by atoms with Gasteiger partial charge < -0.3 is 40.0 Å². The van der Waals surface area contributed by atoms with Gasteiger partial charge in [-0.2, -0.15) is 5.10 Å². The maximum Gasteiger partial charge on any atom is 0.325 e. The number of fused-ring (bicyclic) bond motifs is 8. The van der Waals surface area contributed by atoms with Crippen LogP contribution in [0.5, 0.6) is 5.75 Å². The van der Waals surface area contributed by atoms with Crippen LogP contribution in [0.2, 0.25) is 10.0 Å². The number of piperazine rings is 1. The highest BCUT2D eigenvalue weighted by atomic mass is 35.5. The topological polar surface area (TPSA) is 164 Å². The molecule has 6 aromatic rings. The molecule has 0 saturated carbocycles. The molecule has 4 amide bonds. The van der Waals surface area contributed by atoms with Crippen LogP contribution in [0.3, 0.4) is 0 Å². The Morgan fingerprint density at radius 3 is 2.29 bits per heavy atom. The number of nitrogens with two attached hydrogens (primary N) is 1. The van der Waals surface area contributed by atoms with Gasteiger partial charge in [-0.3, -0.25) is 24.1 Å². The lowest BCUT2D eigenvalue weighted by Gasteiger charge is -2.42. The van der Waals surface area contributed by atoms with Gasteiger partial charge in [0.15, 0.2) is 0 Å². The zero-order valence-corrected chi connectivity index (χ0v) is 49.8. The summed E-state index contributed by atoms with van der Waals surface area (Å²) in [6.45, 7) is 17.3. The first-order valence-corrected chi connectivity index (χ1v) is 29.5. The van der Waals surface area contributed by atoms with E-state index in [9.17, 15) is 14.0 Å². The molecule has 16 nitrogen and oxygen atoms in total. The van der Waals surface area contributed by atoms with Crippen molar-refractivity contribution in [1.82, 2.24) is 39.7 Å². The monoisotopic (exact) mass is 1170 g/mol. The Morgan fingerprint density at radius 1 is 0.855 bits per heavy atom. The number of urea groups is 1. The maximum atomic E-state index is 15.4. The molecule has 4 aromatic carbocycles. The lowest BCUT2D eigenvalue weighted by Crippen LogP contribution is -2.53. The average molecular weight is 1170 g/mol. The molecule has 4 aliphatic heterocycles. The Balaban J connectivity index is 0.700. The first-order chi connectivity index (χ1) is 39.9. The van der Waals surface area contributed by atoms with Crippen molar-refractivity contribution in [1.29, 1.82) is 0 Å². The number of pyridine rings is 1. The third-order valence-electron chi connectivity index (χ3n) is 16.5. The average Bonchev–Trinajstić information content (AvgIpc) is 1.93. The quantitative estimate of drug-likeness (QED) is 0.0836. The van der Waals surface area contributed by atoms with Crippen molar-refractivity contribution >= 4 is 58.2 Å². The smallest absolute Gasteiger partial charge is 0.325 e. The Morgan fingerprint density at radius 2 is 1.57 bits per heavy atom. The van der Waals surface area contributed by atoms with Crippen LogP contribution in [0.25, 0.3) is 16.8 Å². The number of carbonyl (C=O) groups excluding carboxylic acids is 3. The number of nitrogens with zero attached hydrogens (tertiary/aromatic N) is 8. The van der Waals surface area contributed by atoms with E-state index in [2.05, 4.69) is 72.1 Å². The van der Waals surface area contributed by atoms with E-state index in [0.717, 1.165) is 63.4 Å². The van der Waals surface area contributed by atoms with Crippen molar-refractivity contribution in [3.63, 3.8) is 0 Å². The molecule has 2 aromatic heterocycles. The van der Waals surface area contributed by atoms with E-state index in [1.165, 1.54) is 12.1 Å². The number of ether oxygens (including phenoxy) is 3. The Labute approximate surface area is 496 Å². The summed E-state index contributed by atoms with van der Waals surface area (Å²) in [4.78, 5) is 56.8. The summed E-state index contributed by atoms with van der Waals surface area (Å²) in [7, 11) is 1.72. The Bertz CT molecular complexity index is 3340. The lowest BCUT2D eigenvalue weighted by molar-refractivity contribution is -0.122. The van der Waals surface area contributed by atoms with Gasteiger partial charge in [-0.1, -0.05) is 74.3 Å². The molecule has 3 N–H and O–H groups in total. The SMILES string of the molecule is CCOc1cc(C(C)(C)C)ccc1C1=C[C@@](C)(c2ccc(Cl)cc2)[C@@H](c2ccc(Cl)cc2)N1C(=O)N1CCN(CCOCCOCCC(=O)NCCn2cc3c(n2)CN(C)C(=O)c2ccc(F)cc2[C@H]2CCCN2c2cc-3cnc2N)CC1. The van der Waals surface area contributed by atoms with Crippen molar-refractivity contribution in [2.24, 2.45) is 0 Å². The van der Waals surface area contributed by atoms with E-state index < -0.39 is 17.3 Å². The largest absolute Gasteiger partial charge is 0.493 e. The number of halogens is 3. The number of rotatable bonds is 17. The molecule has 0 unspecified atom stereocenters. The van der Waals surface area contributed by atoms with E-state index in [0.29, 0.717) is 111 Å². The predicted molar refractivity (Wildman–Crippen MR) is 323 cm³/mol. The third-order valence-corrected chi connectivity index (χ3v) is 17.0. The summed E-state index contributed by atoms with van der Waals surface area (Å²) < 4.78 is 34.6. The van der Waals surface area contributed by atoms with E-state index in [4.69, 9.17) is 48.2 Å². The van der Waals surface area contributed by atoms with Gasteiger partial charge in [0.05, 0.1) is 75.3 Å². The zero-order chi connectivity index (χ0) is 58.6. The molecular formula is C64H75Cl2FN10O6. The molecule has 4 aliphatic rings. The number of anilines is 2. The summed E-state index contributed by atoms with van der Waals surface area (Å²) in [6, 6.07) is 27.6. The third kappa shape index (κ3) is 13.0. The van der Waals surface area contributed by atoms with E-state index >= 15 is 4.79 Å². The van der Waals surface area contributed by atoms with Crippen molar-refractivity contribution in [2.75, 3.05) is 96.5 Å². The fraction of sp³-hybridized carbons (Fsp3) is 0.422. The fourth-order valence-corrected chi connectivity index (χ4v) is 12.2. The van der Waals surface area contributed by atoms with Gasteiger partial charge in [-0.05, 0) is 121 Å². The van der Waals surface area contributed by atoms with Crippen LogP contribution in [0.15, 0.2) is 109 Å². The van der Waals surface area contributed by atoms with Crippen molar-refractivity contribution in [2.45, 2.75) is 89.9 Å². The highest BCUT2D eigenvalue weighted by Gasteiger charge is 2.50. The minimum Gasteiger partial charge on any atom is -0.493 e. The van der Waals surface area contributed by atoms with Gasteiger partial charge in [0.2, 0.25) is 5.91 Å².